The fourth-order valence-electron chi connectivity index (χ4n) is 3.42. The van der Waals surface area contributed by atoms with Crippen LogP contribution >= 0.6 is 0 Å². The summed E-state index contributed by atoms with van der Waals surface area (Å²) in [5, 5.41) is 8.97. The summed E-state index contributed by atoms with van der Waals surface area (Å²) in [5.74, 6) is 0.413. The number of hydrogen-bond acceptors (Lipinski definition) is 3. The molecule has 3 N–H and O–H groups in total. The largest absolute Gasteiger partial charge is 0.481 e. The summed E-state index contributed by atoms with van der Waals surface area (Å²) in [7, 11) is 2.15. The van der Waals surface area contributed by atoms with Gasteiger partial charge >= 0.3 is 5.97 Å². The molecule has 2 unspecified atom stereocenters. The van der Waals surface area contributed by atoms with Gasteiger partial charge in [0.05, 0.1) is 5.92 Å². The van der Waals surface area contributed by atoms with Crippen LogP contribution in [0.3, 0.4) is 0 Å². The number of carbonyl (C=O) groups is 1. The monoisotopic (exact) mass is 240 g/mol. The molecule has 4 heteroatoms. The fourth-order valence-corrected chi connectivity index (χ4v) is 3.42. The predicted octanol–water partition coefficient (Wildman–Crippen LogP) is 1.16. The van der Waals surface area contributed by atoms with E-state index in [4.69, 9.17) is 10.8 Å². The van der Waals surface area contributed by atoms with E-state index in [2.05, 4.69) is 11.9 Å². The third-order valence-electron chi connectivity index (χ3n) is 4.64. The zero-order valence-corrected chi connectivity index (χ0v) is 10.6. The Morgan fingerprint density at radius 1 is 1.24 bits per heavy atom. The molecular weight excluding hydrogens is 216 g/mol. The van der Waals surface area contributed by atoms with E-state index in [0.717, 1.165) is 38.8 Å². The van der Waals surface area contributed by atoms with Gasteiger partial charge < -0.3 is 15.7 Å². The first-order valence-corrected chi connectivity index (χ1v) is 6.75. The van der Waals surface area contributed by atoms with E-state index < -0.39 is 5.97 Å². The predicted molar refractivity (Wildman–Crippen MR) is 66.7 cm³/mol. The molecule has 0 aromatic carbocycles. The number of likely N-dealkylation sites (tertiary alicyclic amines) is 1. The van der Waals surface area contributed by atoms with Crippen molar-refractivity contribution in [2.75, 3.05) is 20.1 Å². The van der Waals surface area contributed by atoms with Gasteiger partial charge in [0, 0.05) is 12.6 Å². The van der Waals surface area contributed by atoms with Gasteiger partial charge in [0.25, 0.3) is 0 Å². The first-order valence-electron chi connectivity index (χ1n) is 6.75. The summed E-state index contributed by atoms with van der Waals surface area (Å²) >= 11 is 0. The smallest absolute Gasteiger partial charge is 0.306 e. The van der Waals surface area contributed by atoms with E-state index in [-0.39, 0.29) is 12.0 Å². The minimum absolute atomic E-state index is 0.121. The van der Waals surface area contributed by atoms with E-state index in [1.807, 2.05) is 0 Å². The SMILES string of the molecule is CN1CCC(C(N)C2CCC(C(=O)O)CC2)C1. The maximum Gasteiger partial charge on any atom is 0.306 e. The molecule has 0 radical (unpaired) electrons. The lowest BCUT2D eigenvalue weighted by atomic mass is 9.75. The molecule has 2 fully saturated rings. The minimum Gasteiger partial charge on any atom is -0.481 e. The molecule has 0 aromatic rings. The topological polar surface area (TPSA) is 66.6 Å². The summed E-state index contributed by atoms with van der Waals surface area (Å²) in [4.78, 5) is 13.2. The number of aliphatic carboxylic acids is 1. The molecule has 0 amide bonds. The lowest BCUT2D eigenvalue weighted by Crippen LogP contribution is -2.41. The van der Waals surface area contributed by atoms with Gasteiger partial charge in [-0.3, -0.25) is 4.79 Å². The second-order valence-corrected chi connectivity index (χ2v) is 5.84. The highest BCUT2D eigenvalue weighted by molar-refractivity contribution is 5.69. The third-order valence-corrected chi connectivity index (χ3v) is 4.64. The maximum absolute atomic E-state index is 10.9. The molecule has 0 bridgehead atoms. The average Bonchev–Trinajstić information content (AvgIpc) is 2.75. The van der Waals surface area contributed by atoms with Crippen LogP contribution in [0.1, 0.15) is 32.1 Å². The zero-order valence-electron chi connectivity index (χ0n) is 10.6. The second-order valence-electron chi connectivity index (χ2n) is 5.84. The summed E-state index contributed by atoms with van der Waals surface area (Å²) in [5.41, 5.74) is 6.36. The number of carboxylic acids is 1. The molecule has 1 heterocycles. The summed E-state index contributed by atoms with van der Waals surface area (Å²) in [6.07, 6.45) is 4.83. The molecule has 2 rings (SSSR count). The minimum atomic E-state index is -0.627. The van der Waals surface area contributed by atoms with Crippen LogP contribution in [0.25, 0.3) is 0 Å². The van der Waals surface area contributed by atoms with E-state index >= 15 is 0 Å². The second kappa shape index (κ2) is 5.36. The van der Waals surface area contributed by atoms with Crippen LogP contribution in [0.4, 0.5) is 0 Å². The Balaban J connectivity index is 1.82. The van der Waals surface area contributed by atoms with E-state index in [9.17, 15) is 4.79 Å². The van der Waals surface area contributed by atoms with Crippen LogP contribution < -0.4 is 5.73 Å². The lowest BCUT2D eigenvalue weighted by molar-refractivity contribution is -0.143. The van der Waals surface area contributed by atoms with Crippen molar-refractivity contribution in [3.63, 3.8) is 0 Å². The van der Waals surface area contributed by atoms with E-state index in [1.165, 1.54) is 6.42 Å². The van der Waals surface area contributed by atoms with Crippen LogP contribution in [0.15, 0.2) is 0 Å². The van der Waals surface area contributed by atoms with Gasteiger partial charge in [-0.15, -0.1) is 0 Å². The van der Waals surface area contributed by atoms with Crippen LogP contribution in [0.5, 0.6) is 0 Å². The van der Waals surface area contributed by atoms with Gasteiger partial charge in [-0.1, -0.05) is 0 Å². The van der Waals surface area contributed by atoms with Crippen molar-refractivity contribution < 1.29 is 9.90 Å². The molecule has 1 aliphatic heterocycles. The lowest BCUT2D eigenvalue weighted by Gasteiger charge is -2.33. The Morgan fingerprint density at radius 3 is 2.35 bits per heavy atom. The Labute approximate surface area is 103 Å². The number of rotatable bonds is 3. The molecule has 0 aromatic heterocycles. The van der Waals surface area contributed by atoms with Gasteiger partial charge in [0.1, 0.15) is 0 Å². The molecule has 98 valence electrons. The summed E-state index contributed by atoms with van der Waals surface area (Å²) in [6.45, 7) is 2.27. The molecule has 1 saturated heterocycles. The zero-order chi connectivity index (χ0) is 12.4. The standard InChI is InChI=1S/C13H24N2O2/c1-15-7-6-11(8-15)12(14)9-2-4-10(5-3-9)13(16)17/h9-12H,2-8,14H2,1H3,(H,16,17). The Bertz CT molecular complexity index is 275. The highest BCUT2D eigenvalue weighted by Crippen LogP contribution is 2.34. The highest BCUT2D eigenvalue weighted by atomic mass is 16.4. The van der Waals surface area contributed by atoms with Crippen LogP contribution in [-0.2, 0) is 4.79 Å². The van der Waals surface area contributed by atoms with Crippen molar-refractivity contribution in [2.24, 2.45) is 23.5 Å². The number of nitrogens with two attached hydrogens (primary N) is 1. The Kier molecular flexibility index (Phi) is 4.05. The number of nitrogens with zero attached hydrogens (tertiary/aromatic N) is 1. The molecular formula is C13H24N2O2. The van der Waals surface area contributed by atoms with Gasteiger partial charge in [0.15, 0.2) is 0 Å². The van der Waals surface area contributed by atoms with E-state index in [1.54, 1.807) is 0 Å². The summed E-state index contributed by atoms with van der Waals surface area (Å²) in [6, 6.07) is 0.273. The van der Waals surface area contributed by atoms with Gasteiger partial charge in [0.2, 0.25) is 0 Å². The van der Waals surface area contributed by atoms with Crippen molar-refractivity contribution >= 4 is 5.97 Å². The van der Waals surface area contributed by atoms with Crippen molar-refractivity contribution in [2.45, 2.75) is 38.1 Å². The molecule has 1 saturated carbocycles. The molecule has 1 aliphatic carbocycles. The van der Waals surface area contributed by atoms with Crippen LogP contribution in [0, 0.1) is 17.8 Å². The van der Waals surface area contributed by atoms with Gasteiger partial charge in [-0.25, -0.2) is 0 Å². The average molecular weight is 240 g/mol. The van der Waals surface area contributed by atoms with Crippen molar-refractivity contribution in [1.82, 2.24) is 4.90 Å². The molecule has 17 heavy (non-hydrogen) atoms. The van der Waals surface area contributed by atoms with Crippen molar-refractivity contribution in [3.8, 4) is 0 Å². The molecule has 2 atom stereocenters. The van der Waals surface area contributed by atoms with Gasteiger partial charge in [-0.2, -0.15) is 0 Å². The third kappa shape index (κ3) is 2.99. The van der Waals surface area contributed by atoms with Gasteiger partial charge in [-0.05, 0) is 57.5 Å². The van der Waals surface area contributed by atoms with Crippen molar-refractivity contribution in [1.29, 1.82) is 0 Å². The van der Waals surface area contributed by atoms with Crippen LogP contribution in [-0.4, -0.2) is 42.2 Å². The molecule has 0 spiro atoms. The molecule has 2 aliphatic rings. The Morgan fingerprint density at radius 2 is 1.88 bits per heavy atom. The van der Waals surface area contributed by atoms with Crippen molar-refractivity contribution in [3.05, 3.63) is 0 Å². The quantitative estimate of drug-likeness (QED) is 0.777. The molecule has 4 nitrogen and oxygen atoms in total. The Hall–Kier alpha value is -0.610. The fraction of sp³-hybridized carbons (Fsp3) is 0.923. The van der Waals surface area contributed by atoms with E-state index in [0.29, 0.717) is 11.8 Å². The highest BCUT2D eigenvalue weighted by Gasteiger charge is 2.34. The van der Waals surface area contributed by atoms with Crippen LogP contribution in [0.2, 0.25) is 0 Å². The number of hydrogen-bond donors (Lipinski definition) is 2. The number of carboxylic acid groups (broad SMARTS) is 1. The first-order chi connectivity index (χ1) is 8.08. The first kappa shape index (κ1) is 12.8. The maximum atomic E-state index is 10.9. The normalized spacial score (nSPS) is 36.9. The summed E-state index contributed by atoms with van der Waals surface area (Å²) < 4.78 is 0.